The molecule has 0 aromatic rings. The van der Waals surface area contributed by atoms with E-state index in [1.165, 1.54) is 26.1 Å². The summed E-state index contributed by atoms with van der Waals surface area (Å²) in [5.41, 5.74) is 0. The lowest BCUT2D eigenvalue weighted by molar-refractivity contribution is 0.107. The molecule has 1 saturated heterocycles. The van der Waals surface area contributed by atoms with Crippen LogP contribution in [0, 0.1) is 5.92 Å². The van der Waals surface area contributed by atoms with Crippen LogP contribution in [0.1, 0.15) is 13.3 Å². The molecule has 2 atom stereocenters. The van der Waals surface area contributed by atoms with Crippen LogP contribution in [-0.2, 0) is 4.74 Å². The lowest BCUT2D eigenvalue weighted by atomic mass is 10.1. The molecular formula is C10H22N2O. The maximum absolute atomic E-state index is 5.13. The molecular weight excluding hydrogens is 164 g/mol. The Morgan fingerprint density at radius 1 is 1.62 bits per heavy atom. The van der Waals surface area contributed by atoms with Gasteiger partial charge in [0.25, 0.3) is 0 Å². The predicted molar refractivity (Wildman–Crippen MR) is 54.9 cm³/mol. The van der Waals surface area contributed by atoms with Gasteiger partial charge in [0.2, 0.25) is 0 Å². The van der Waals surface area contributed by atoms with Crippen LogP contribution in [0.25, 0.3) is 0 Å². The number of hydrogen-bond donors (Lipinski definition) is 1. The van der Waals surface area contributed by atoms with E-state index in [0.717, 1.165) is 12.5 Å². The van der Waals surface area contributed by atoms with E-state index in [0.29, 0.717) is 6.04 Å². The molecule has 0 amide bonds. The number of ether oxygens (including phenoxy) is 1. The van der Waals surface area contributed by atoms with Crippen LogP contribution >= 0.6 is 0 Å². The van der Waals surface area contributed by atoms with Gasteiger partial charge >= 0.3 is 0 Å². The second kappa shape index (κ2) is 5.58. The third-order valence-corrected chi connectivity index (χ3v) is 2.87. The maximum Gasteiger partial charge on any atom is 0.0615 e. The number of nitrogens with zero attached hydrogens (tertiary/aromatic N) is 1. The van der Waals surface area contributed by atoms with Crippen molar-refractivity contribution >= 4 is 0 Å². The van der Waals surface area contributed by atoms with Crippen LogP contribution in [0.15, 0.2) is 0 Å². The van der Waals surface area contributed by atoms with E-state index in [-0.39, 0.29) is 0 Å². The first-order chi connectivity index (χ1) is 6.24. The van der Waals surface area contributed by atoms with Crippen molar-refractivity contribution in [3.05, 3.63) is 0 Å². The molecule has 1 heterocycles. The van der Waals surface area contributed by atoms with Gasteiger partial charge < -0.3 is 15.0 Å². The van der Waals surface area contributed by atoms with Crippen molar-refractivity contribution in [1.82, 2.24) is 10.2 Å². The second-order valence-electron chi connectivity index (χ2n) is 4.10. The topological polar surface area (TPSA) is 24.5 Å². The molecule has 0 aromatic heterocycles. The Labute approximate surface area is 81.4 Å². The minimum Gasteiger partial charge on any atom is -0.383 e. The fourth-order valence-corrected chi connectivity index (χ4v) is 1.83. The highest BCUT2D eigenvalue weighted by Gasteiger charge is 2.18. The molecule has 13 heavy (non-hydrogen) atoms. The van der Waals surface area contributed by atoms with Crippen LogP contribution in [0.5, 0.6) is 0 Å². The molecule has 0 aliphatic carbocycles. The number of hydrogen-bond acceptors (Lipinski definition) is 3. The van der Waals surface area contributed by atoms with E-state index in [4.69, 9.17) is 4.74 Å². The highest BCUT2D eigenvalue weighted by atomic mass is 16.5. The van der Waals surface area contributed by atoms with Crippen molar-refractivity contribution in [3.8, 4) is 0 Å². The van der Waals surface area contributed by atoms with Crippen LogP contribution in [0.4, 0.5) is 0 Å². The SMILES string of the molecule is COCC(C)N(C)CC1CCNC1. The summed E-state index contributed by atoms with van der Waals surface area (Å²) >= 11 is 0. The first-order valence-electron chi connectivity index (χ1n) is 5.14. The summed E-state index contributed by atoms with van der Waals surface area (Å²) in [6.07, 6.45) is 1.32. The summed E-state index contributed by atoms with van der Waals surface area (Å²) in [7, 11) is 3.95. The molecule has 0 bridgehead atoms. The van der Waals surface area contributed by atoms with Crippen molar-refractivity contribution < 1.29 is 4.74 Å². The zero-order valence-corrected chi connectivity index (χ0v) is 9.05. The van der Waals surface area contributed by atoms with Gasteiger partial charge in [-0.2, -0.15) is 0 Å². The summed E-state index contributed by atoms with van der Waals surface area (Å²) < 4.78 is 5.13. The van der Waals surface area contributed by atoms with Crippen molar-refractivity contribution in [3.63, 3.8) is 0 Å². The fourth-order valence-electron chi connectivity index (χ4n) is 1.83. The quantitative estimate of drug-likeness (QED) is 0.679. The molecule has 0 aromatic carbocycles. The number of methoxy groups -OCH3 is 1. The lowest BCUT2D eigenvalue weighted by Gasteiger charge is -2.26. The molecule has 3 heteroatoms. The molecule has 1 aliphatic rings. The molecule has 1 fully saturated rings. The highest BCUT2D eigenvalue weighted by Crippen LogP contribution is 2.10. The van der Waals surface area contributed by atoms with Crippen LogP contribution < -0.4 is 5.32 Å². The number of nitrogens with one attached hydrogen (secondary N) is 1. The lowest BCUT2D eigenvalue weighted by Crippen LogP contribution is -2.36. The van der Waals surface area contributed by atoms with E-state index < -0.39 is 0 Å². The summed E-state index contributed by atoms with van der Waals surface area (Å²) in [4.78, 5) is 2.39. The van der Waals surface area contributed by atoms with Gasteiger partial charge in [-0.25, -0.2) is 0 Å². The van der Waals surface area contributed by atoms with E-state index in [9.17, 15) is 0 Å². The normalized spacial score (nSPS) is 25.4. The Balaban J connectivity index is 2.18. The first-order valence-corrected chi connectivity index (χ1v) is 5.14. The van der Waals surface area contributed by atoms with E-state index in [1.54, 1.807) is 7.11 Å². The Kier molecular flexibility index (Phi) is 4.70. The maximum atomic E-state index is 5.13. The number of likely N-dealkylation sites (N-methyl/N-ethyl adjacent to an activating group) is 1. The highest BCUT2D eigenvalue weighted by molar-refractivity contribution is 4.75. The standard InChI is InChI=1S/C10H22N2O/c1-9(8-13-3)12(2)7-10-4-5-11-6-10/h9-11H,4-8H2,1-3H3. The average molecular weight is 186 g/mol. The minimum atomic E-state index is 0.533. The molecule has 1 aliphatic heterocycles. The van der Waals surface area contributed by atoms with Gasteiger partial charge in [-0.15, -0.1) is 0 Å². The molecule has 0 radical (unpaired) electrons. The second-order valence-corrected chi connectivity index (χ2v) is 4.10. The van der Waals surface area contributed by atoms with Crippen molar-refractivity contribution in [1.29, 1.82) is 0 Å². The Morgan fingerprint density at radius 2 is 2.38 bits per heavy atom. The molecule has 78 valence electrons. The third-order valence-electron chi connectivity index (χ3n) is 2.87. The Hall–Kier alpha value is -0.120. The summed E-state index contributed by atoms with van der Waals surface area (Å²) in [6, 6.07) is 0.533. The van der Waals surface area contributed by atoms with Gasteiger partial charge in [0.1, 0.15) is 0 Å². The molecule has 1 N–H and O–H groups in total. The fraction of sp³-hybridized carbons (Fsp3) is 1.00. The smallest absolute Gasteiger partial charge is 0.0615 e. The van der Waals surface area contributed by atoms with Crippen LogP contribution in [0.3, 0.4) is 0 Å². The van der Waals surface area contributed by atoms with Crippen LogP contribution in [0.2, 0.25) is 0 Å². The first kappa shape index (κ1) is 11.0. The van der Waals surface area contributed by atoms with Gasteiger partial charge in [-0.05, 0) is 39.4 Å². The van der Waals surface area contributed by atoms with Crippen molar-refractivity contribution in [2.75, 3.05) is 40.4 Å². The van der Waals surface area contributed by atoms with E-state index in [2.05, 4.69) is 24.2 Å². The van der Waals surface area contributed by atoms with Gasteiger partial charge in [0.05, 0.1) is 6.61 Å². The zero-order valence-electron chi connectivity index (χ0n) is 9.05. The molecule has 2 unspecified atom stereocenters. The van der Waals surface area contributed by atoms with Gasteiger partial charge in [0, 0.05) is 19.7 Å². The van der Waals surface area contributed by atoms with Crippen molar-refractivity contribution in [2.24, 2.45) is 5.92 Å². The predicted octanol–water partition coefficient (Wildman–Crippen LogP) is 0.563. The Morgan fingerprint density at radius 3 is 2.92 bits per heavy atom. The summed E-state index contributed by atoms with van der Waals surface area (Å²) in [5.74, 6) is 0.837. The molecule has 1 rings (SSSR count). The molecule has 0 saturated carbocycles. The van der Waals surface area contributed by atoms with E-state index in [1.807, 2.05) is 0 Å². The Bertz CT molecular complexity index is 135. The summed E-state index contributed by atoms with van der Waals surface area (Å²) in [5, 5.41) is 3.39. The van der Waals surface area contributed by atoms with Gasteiger partial charge in [-0.1, -0.05) is 0 Å². The summed E-state index contributed by atoms with van der Waals surface area (Å²) in [6.45, 7) is 6.61. The third kappa shape index (κ3) is 3.63. The largest absolute Gasteiger partial charge is 0.383 e. The number of rotatable bonds is 5. The van der Waals surface area contributed by atoms with Gasteiger partial charge in [0.15, 0.2) is 0 Å². The molecule has 0 spiro atoms. The van der Waals surface area contributed by atoms with Crippen LogP contribution in [-0.4, -0.2) is 51.3 Å². The zero-order chi connectivity index (χ0) is 9.68. The molecule has 3 nitrogen and oxygen atoms in total. The van der Waals surface area contributed by atoms with Crippen molar-refractivity contribution in [2.45, 2.75) is 19.4 Å². The van der Waals surface area contributed by atoms with E-state index >= 15 is 0 Å². The average Bonchev–Trinajstić information content (AvgIpc) is 2.57. The van der Waals surface area contributed by atoms with Gasteiger partial charge in [-0.3, -0.25) is 0 Å². The monoisotopic (exact) mass is 186 g/mol. The minimum absolute atomic E-state index is 0.533.